The van der Waals surface area contributed by atoms with Crippen LogP contribution in [-0.4, -0.2) is 42.5 Å². The Morgan fingerprint density at radius 3 is 2.79 bits per heavy atom. The zero-order valence-corrected chi connectivity index (χ0v) is 19.0. The fraction of sp³-hybridized carbons (Fsp3) is 0.368. The number of carbonyl (C=O) groups excluding carboxylic acids is 1. The standard InChI is InChI=1S/C19H22N4OS2.2ClH/c1-12-5-3-4-6-14(12)21-19-22-17-15(26-19)9-16(25-17)18(24)23-8-7-13(11-23)10-20-2;;/h3-6,9,13,20H,7-8,10-11H2,1-2H3,(H,21,22);2*1H. The molecule has 1 fully saturated rings. The van der Waals surface area contributed by atoms with E-state index in [1.807, 2.05) is 30.1 Å². The maximum Gasteiger partial charge on any atom is 0.264 e. The fourth-order valence-corrected chi connectivity index (χ4v) is 5.45. The van der Waals surface area contributed by atoms with E-state index in [2.05, 4.69) is 34.7 Å². The summed E-state index contributed by atoms with van der Waals surface area (Å²) in [4.78, 5) is 21.1. The number of para-hydroxylation sites is 1. The third-order valence-electron chi connectivity index (χ3n) is 4.75. The van der Waals surface area contributed by atoms with Gasteiger partial charge in [0.25, 0.3) is 5.91 Å². The van der Waals surface area contributed by atoms with Gasteiger partial charge in [-0.05, 0) is 50.6 Å². The van der Waals surface area contributed by atoms with Crippen molar-refractivity contribution in [2.45, 2.75) is 13.3 Å². The number of amides is 1. The third kappa shape index (κ3) is 4.78. The van der Waals surface area contributed by atoms with E-state index in [0.717, 1.165) is 51.3 Å². The number of likely N-dealkylation sites (tertiary alicyclic amines) is 1. The predicted octanol–water partition coefficient (Wildman–Crippen LogP) is 4.93. The van der Waals surface area contributed by atoms with Gasteiger partial charge >= 0.3 is 0 Å². The molecule has 152 valence electrons. The van der Waals surface area contributed by atoms with Crippen molar-refractivity contribution in [1.29, 1.82) is 0 Å². The number of hydrogen-bond acceptors (Lipinski definition) is 6. The summed E-state index contributed by atoms with van der Waals surface area (Å²) in [7, 11) is 1.96. The van der Waals surface area contributed by atoms with Gasteiger partial charge in [-0.1, -0.05) is 29.5 Å². The zero-order chi connectivity index (χ0) is 18.1. The van der Waals surface area contributed by atoms with Crippen LogP contribution in [0.4, 0.5) is 10.8 Å². The van der Waals surface area contributed by atoms with Crippen LogP contribution in [0.5, 0.6) is 0 Å². The molecule has 1 saturated heterocycles. The summed E-state index contributed by atoms with van der Waals surface area (Å²) in [6.45, 7) is 4.74. The molecule has 1 atom stereocenters. The maximum absolute atomic E-state index is 12.8. The van der Waals surface area contributed by atoms with Crippen molar-refractivity contribution < 1.29 is 4.79 Å². The molecule has 1 aliphatic rings. The Hall–Kier alpha value is -1.38. The lowest BCUT2D eigenvalue weighted by Crippen LogP contribution is -2.29. The Morgan fingerprint density at radius 2 is 2.07 bits per heavy atom. The number of anilines is 2. The van der Waals surface area contributed by atoms with Crippen molar-refractivity contribution in [2.24, 2.45) is 5.92 Å². The smallest absolute Gasteiger partial charge is 0.264 e. The molecule has 0 aliphatic carbocycles. The number of halogens is 2. The molecule has 0 spiro atoms. The van der Waals surface area contributed by atoms with Crippen molar-refractivity contribution in [3.05, 3.63) is 40.8 Å². The normalized spacial score (nSPS) is 15.9. The monoisotopic (exact) mass is 458 g/mol. The highest BCUT2D eigenvalue weighted by Crippen LogP contribution is 2.35. The highest BCUT2D eigenvalue weighted by atomic mass is 35.5. The van der Waals surface area contributed by atoms with Crippen LogP contribution in [-0.2, 0) is 0 Å². The van der Waals surface area contributed by atoms with Gasteiger partial charge in [-0.15, -0.1) is 36.2 Å². The third-order valence-corrected chi connectivity index (χ3v) is 6.82. The molecule has 4 rings (SSSR count). The summed E-state index contributed by atoms with van der Waals surface area (Å²) < 4.78 is 1.07. The van der Waals surface area contributed by atoms with Crippen LogP contribution in [0.25, 0.3) is 9.53 Å². The lowest BCUT2D eigenvalue weighted by molar-refractivity contribution is 0.0792. The van der Waals surface area contributed by atoms with Crippen molar-refractivity contribution in [3.63, 3.8) is 0 Å². The summed E-state index contributed by atoms with van der Waals surface area (Å²) >= 11 is 3.09. The van der Waals surface area contributed by atoms with Gasteiger partial charge in [0.15, 0.2) is 5.13 Å². The number of nitrogens with one attached hydrogen (secondary N) is 2. The van der Waals surface area contributed by atoms with E-state index in [0.29, 0.717) is 5.92 Å². The second-order valence-corrected chi connectivity index (χ2v) is 8.76. The van der Waals surface area contributed by atoms with Gasteiger partial charge in [-0.2, -0.15) is 0 Å². The van der Waals surface area contributed by atoms with Gasteiger partial charge in [0, 0.05) is 18.8 Å². The largest absolute Gasteiger partial charge is 0.338 e. The molecule has 3 aromatic rings. The Balaban J connectivity index is 0.00000140. The van der Waals surface area contributed by atoms with E-state index in [9.17, 15) is 4.79 Å². The molecule has 1 aromatic carbocycles. The molecule has 28 heavy (non-hydrogen) atoms. The van der Waals surface area contributed by atoms with Gasteiger partial charge in [0.2, 0.25) is 0 Å². The molecule has 9 heteroatoms. The topological polar surface area (TPSA) is 57.3 Å². The first-order valence-corrected chi connectivity index (χ1v) is 10.4. The Bertz CT molecular complexity index is 912. The van der Waals surface area contributed by atoms with Gasteiger partial charge in [0.1, 0.15) is 4.83 Å². The SMILES string of the molecule is CNCC1CCN(C(=O)c2cc3sc(Nc4ccccc4C)nc3s2)C1.Cl.Cl. The Kier molecular flexibility index (Phi) is 8.09. The number of thiophene rings is 1. The summed E-state index contributed by atoms with van der Waals surface area (Å²) in [6, 6.07) is 10.2. The number of carbonyl (C=O) groups is 1. The maximum atomic E-state index is 12.8. The molecule has 1 aliphatic heterocycles. The van der Waals surface area contributed by atoms with Crippen molar-refractivity contribution >= 4 is 73.7 Å². The number of benzene rings is 1. The van der Waals surface area contributed by atoms with Gasteiger partial charge < -0.3 is 15.5 Å². The minimum atomic E-state index is 0. The fourth-order valence-electron chi connectivity index (χ4n) is 3.35. The van der Waals surface area contributed by atoms with E-state index in [1.54, 1.807) is 11.3 Å². The van der Waals surface area contributed by atoms with Crippen molar-refractivity contribution in [3.8, 4) is 0 Å². The summed E-state index contributed by atoms with van der Waals surface area (Å²) in [5, 5.41) is 7.46. The van der Waals surface area contributed by atoms with Gasteiger partial charge in [0.05, 0.1) is 9.58 Å². The Morgan fingerprint density at radius 1 is 1.29 bits per heavy atom. The molecule has 0 radical (unpaired) electrons. The second-order valence-electron chi connectivity index (χ2n) is 6.70. The molecular formula is C19H24Cl2N4OS2. The predicted molar refractivity (Wildman–Crippen MR) is 124 cm³/mol. The number of aromatic nitrogens is 1. The van der Waals surface area contributed by atoms with E-state index in [4.69, 9.17) is 0 Å². The highest BCUT2D eigenvalue weighted by molar-refractivity contribution is 7.29. The molecular weight excluding hydrogens is 435 g/mol. The number of nitrogens with zero attached hydrogens (tertiary/aromatic N) is 2. The van der Waals surface area contributed by atoms with Crippen LogP contribution in [0.15, 0.2) is 30.3 Å². The number of thiazole rings is 1. The van der Waals surface area contributed by atoms with E-state index in [1.165, 1.54) is 16.9 Å². The zero-order valence-electron chi connectivity index (χ0n) is 15.7. The highest BCUT2D eigenvalue weighted by Gasteiger charge is 2.27. The number of hydrogen-bond donors (Lipinski definition) is 2. The molecule has 0 bridgehead atoms. The molecule has 1 amide bonds. The average Bonchev–Trinajstić information content (AvgIpc) is 3.31. The van der Waals surface area contributed by atoms with Crippen LogP contribution in [0.3, 0.4) is 0 Å². The first-order chi connectivity index (χ1) is 12.6. The van der Waals surface area contributed by atoms with E-state index >= 15 is 0 Å². The number of fused-ring (bicyclic) bond motifs is 1. The second kappa shape index (κ2) is 9.89. The molecule has 1 unspecified atom stereocenters. The van der Waals surface area contributed by atoms with Crippen molar-refractivity contribution in [2.75, 3.05) is 32.0 Å². The molecule has 0 saturated carbocycles. The van der Waals surface area contributed by atoms with E-state index < -0.39 is 0 Å². The van der Waals surface area contributed by atoms with Crippen LogP contribution >= 0.6 is 47.5 Å². The van der Waals surface area contributed by atoms with E-state index in [-0.39, 0.29) is 30.7 Å². The van der Waals surface area contributed by atoms with Crippen molar-refractivity contribution in [1.82, 2.24) is 15.2 Å². The molecule has 5 nitrogen and oxygen atoms in total. The minimum absolute atomic E-state index is 0. The summed E-state index contributed by atoms with van der Waals surface area (Å²) in [6.07, 6.45) is 1.08. The average molecular weight is 459 g/mol. The quantitative estimate of drug-likeness (QED) is 0.568. The van der Waals surface area contributed by atoms with Crippen LogP contribution in [0.1, 0.15) is 21.7 Å². The van der Waals surface area contributed by atoms with Gasteiger partial charge in [-0.25, -0.2) is 4.98 Å². The summed E-state index contributed by atoms with van der Waals surface area (Å²) in [5.74, 6) is 0.709. The molecule has 2 N–H and O–H groups in total. The summed E-state index contributed by atoms with van der Waals surface area (Å²) in [5.41, 5.74) is 2.25. The lowest BCUT2D eigenvalue weighted by Gasteiger charge is -2.15. The number of rotatable bonds is 5. The van der Waals surface area contributed by atoms with Crippen LogP contribution in [0.2, 0.25) is 0 Å². The van der Waals surface area contributed by atoms with Crippen LogP contribution < -0.4 is 10.6 Å². The first kappa shape index (κ1) is 22.9. The van der Waals surface area contributed by atoms with Gasteiger partial charge in [-0.3, -0.25) is 4.79 Å². The number of aryl methyl sites for hydroxylation is 1. The lowest BCUT2D eigenvalue weighted by atomic mass is 10.1. The molecule has 2 aromatic heterocycles. The first-order valence-electron chi connectivity index (χ1n) is 8.81. The van der Waals surface area contributed by atoms with Crippen LogP contribution in [0, 0.1) is 12.8 Å². The minimum Gasteiger partial charge on any atom is -0.338 e. The molecule has 3 heterocycles. The Labute approximate surface area is 185 Å².